The van der Waals surface area contributed by atoms with Gasteiger partial charge in [0.05, 0.1) is 0 Å². The van der Waals surface area contributed by atoms with E-state index in [9.17, 15) is 4.79 Å². The van der Waals surface area contributed by atoms with Gasteiger partial charge in [0.15, 0.2) is 0 Å². The molecule has 0 aromatic heterocycles. The molecule has 104 valence electrons. The van der Waals surface area contributed by atoms with Gasteiger partial charge in [-0.2, -0.15) is 0 Å². The van der Waals surface area contributed by atoms with Gasteiger partial charge in [-0.1, -0.05) is 12.8 Å². The molecule has 0 aromatic carbocycles. The van der Waals surface area contributed by atoms with E-state index >= 15 is 0 Å². The number of rotatable bonds is 2. The number of likely N-dealkylation sites (tertiary alicyclic amines) is 1. The summed E-state index contributed by atoms with van der Waals surface area (Å²) in [4.78, 5) is 13.6. The highest BCUT2D eigenvalue weighted by atomic mass is 16.6. The summed E-state index contributed by atoms with van der Waals surface area (Å²) >= 11 is 0. The minimum absolute atomic E-state index is 0.197. The Hall–Kier alpha value is -0.770. The average Bonchev–Trinajstić information content (AvgIpc) is 2.63. The molecule has 1 aliphatic carbocycles. The molecule has 0 unspecified atom stereocenters. The van der Waals surface area contributed by atoms with Gasteiger partial charge in [-0.05, 0) is 39.5 Å². The maximum Gasteiger partial charge on any atom is 0.410 e. The van der Waals surface area contributed by atoms with Crippen LogP contribution in [0.25, 0.3) is 0 Å². The van der Waals surface area contributed by atoms with Crippen molar-refractivity contribution in [2.75, 3.05) is 13.1 Å². The SMILES string of the molecule is CC(C)(C)OC(=O)N1CC([C@H](N)C2CCCC2)C1. The molecular formula is C14H26N2O2. The van der Waals surface area contributed by atoms with Crippen LogP contribution in [0.1, 0.15) is 46.5 Å². The largest absolute Gasteiger partial charge is 0.444 e. The standard InChI is InChI=1S/C14H26N2O2/c1-14(2,3)18-13(17)16-8-11(9-16)12(15)10-6-4-5-7-10/h10-12H,4-9,15H2,1-3H3/t12-/m1/s1. The van der Waals surface area contributed by atoms with Crippen LogP contribution < -0.4 is 5.73 Å². The Kier molecular flexibility index (Phi) is 3.85. The molecule has 1 saturated carbocycles. The van der Waals surface area contributed by atoms with Crippen molar-refractivity contribution in [2.45, 2.75) is 58.1 Å². The van der Waals surface area contributed by atoms with Crippen LogP contribution in [-0.4, -0.2) is 35.7 Å². The van der Waals surface area contributed by atoms with Gasteiger partial charge in [-0.3, -0.25) is 0 Å². The number of nitrogens with two attached hydrogens (primary N) is 1. The lowest BCUT2D eigenvalue weighted by Gasteiger charge is -2.44. The van der Waals surface area contributed by atoms with Crippen LogP contribution in [0.4, 0.5) is 4.79 Å². The fraction of sp³-hybridized carbons (Fsp3) is 0.929. The Morgan fingerprint density at radius 1 is 1.22 bits per heavy atom. The Balaban J connectivity index is 1.74. The zero-order chi connectivity index (χ0) is 13.3. The molecule has 2 rings (SSSR count). The normalized spacial score (nSPS) is 23.9. The van der Waals surface area contributed by atoms with E-state index in [2.05, 4.69) is 0 Å². The monoisotopic (exact) mass is 254 g/mol. The van der Waals surface area contributed by atoms with Crippen molar-refractivity contribution in [3.8, 4) is 0 Å². The first-order chi connectivity index (χ1) is 8.37. The van der Waals surface area contributed by atoms with Crippen molar-refractivity contribution in [1.29, 1.82) is 0 Å². The van der Waals surface area contributed by atoms with E-state index in [1.54, 1.807) is 4.90 Å². The number of amides is 1. The third kappa shape index (κ3) is 3.16. The smallest absolute Gasteiger partial charge is 0.410 e. The molecule has 1 saturated heterocycles. The fourth-order valence-electron chi connectivity index (χ4n) is 2.96. The quantitative estimate of drug-likeness (QED) is 0.823. The number of ether oxygens (including phenoxy) is 1. The van der Waals surface area contributed by atoms with E-state index in [1.165, 1.54) is 25.7 Å². The second kappa shape index (κ2) is 5.08. The lowest BCUT2D eigenvalue weighted by Crippen LogP contribution is -2.58. The summed E-state index contributed by atoms with van der Waals surface area (Å²) in [5.41, 5.74) is 5.89. The molecular weight excluding hydrogens is 228 g/mol. The molecule has 0 bridgehead atoms. The molecule has 2 aliphatic rings. The number of carbonyl (C=O) groups excluding carboxylic acids is 1. The van der Waals surface area contributed by atoms with Crippen molar-refractivity contribution in [2.24, 2.45) is 17.6 Å². The first-order valence-electron chi connectivity index (χ1n) is 7.10. The van der Waals surface area contributed by atoms with Gasteiger partial charge in [0, 0.05) is 25.0 Å². The predicted octanol–water partition coefficient (Wildman–Crippen LogP) is 2.37. The van der Waals surface area contributed by atoms with Gasteiger partial charge in [0.2, 0.25) is 0 Å². The van der Waals surface area contributed by atoms with Crippen molar-refractivity contribution < 1.29 is 9.53 Å². The van der Waals surface area contributed by atoms with E-state index in [0.29, 0.717) is 11.8 Å². The van der Waals surface area contributed by atoms with Gasteiger partial charge in [-0.25, -0.2) is 4.79 Å². The van der Waals surface area contributed by atoms with Crippen LogP contribution in [-0.2, 0) is 4.74 Å². The second-order valence-electron chi connectivity index (χ2n) is 6.77. The van der Waals surface area contributed by atoms with Crippen molar-refractivity contribution in [1.82, 2.24) is 4.90 Å². The lowest BCUT2D eigenvalue weighted by molar-refractivity contribution is -0.00782. The highest BCUT2D eigenvalue weighted by molar-refractivity contribution is 5.69. The first-order valence-corrected chi connectivity index (χ1v) is 7.10. The summed E-state index contributed by atoms with van der Waals surface area (Å²) in [6, 6.07) is 0.270. The lowest BCUT2D eigenvalue weighted by atomic mass is 9.83. The minimum atomic E-state index is -0.407. The molecule has 1 aliphatic heterocycles. The summed E-state index contributed by atoms with van der Waals surface area (Å²) in [6.45, 7) is 7.23. The number of nitrogens with zero attached hydrogens (tertiary/aromatic N) is 1. The zero-order valence-electron chi connectivity index (χ0n) is 11.8. The maximum absolute atomic E-state index is 11.8. The van der Waals surface area contributed by atoms with Crippen LogP contribution in [0.15, 0.2) is 0 Å². The minimum Gasteiger partial charge on any atom is -0.444 e. The summed E-state index contributed by atoms with van der Waals surface area (Å²) in [5, 5.41) is 0. The van der Waals surface area contributed by atoms with Crippen LogP contribution in [0.3, 0.4) is 0 Å². The molecule has 2 fully saturated rings. The Labute approximate surface area is 110 Å². The van der Waals surface area contributed by atoms with Gasteiger partial charge in [0.1, 0.15) is 5.60 Å². The van der Waals surface area contributed by atoms with Gasteiger partial charge >= 0.3 is 6.09 Å². The highest BCUT2D eigenvalue weighted by Gasteiger charge is 2.39. The van der Waals surface area contributed by atoms with Crippen LogP contribution in [0, 0.1) is 11.8 Å². The fourth-order valence-corrected chi connectivity index (χ4v) is 2.96. The highest BCUT2D eigenvalue weighted by Crippen LogP contribution is 2.33. The molecule has 4 heteroatoms. The second-order valence-corrected chi connectivity index (χ2v) is 6.77. The van der Waals surface area contributed by atoms with E-state index in [4.69, 9.17) is 10.5 Å². The van der Waals surface area contributed by atoms with E-state index in [1.807, 2.05) is 20.8 Å². The molecule has 1 heterocycles. The summed E-state index contributed by atoms with van der Waals surface area (Å²) in [6.07, 6.45) is 4.98. The topological polar surface area (TPSA) is 55.6 Å². The molecule has 4 nitrogen and oxygen atoms in total. The van der Waals surface area contributed by atoms with Gasteiger partial charge in [-0.15, -0.1) is 0 Å². The van der Waals surface area contributed by atoms with Crippen LogP contribution >= 0.6 is 0 Å². The first kappa shape index (κ1) is 13.7. The average molecular weight is 254 g/mol. The van der Waals surface area contributed by atoms with Crippen molar-refractivity contribution >= 4 is 6.09 Å². The molecule has 18 heavy (non-hydrogen) atoms. The molecule has 0 spiro atoms. The molecule has 1 atom stereocenters. The third-order valence-electron chi connectivity index (χ3n) is 4.05. The van der Waals surface area contributed by atoms with Crippen molar-refractivity contribution in [3.63, 3.8) is 0 Å². The molecule has 0 aromatic rings. The predicted molar refractivity (Wildman–Crippen MR) is 71.2 cm³/mol. The Morgan fingerprint density at radius 3 is 2.28 bits per heavy atom. The molecule has 2 N–H and O–H groups in total. The van der Waals surface area contributed by atoms with Crippen molar-refractivity contribution in [3.05, 3.63) is 0 Å². The molecule has 1 amide bonds. The van der Waals surface area contributed by atoms with E-state index in [-0.39, 0.29) is 12.1 Å². The Bertz CT molecular complexity index is 299. The zero-order valence-corrected chi connectivity index (χ0v) is 11.8. The van der Waals surface area contributed by atoms with Gasteiger partial charge < -0.3 is 15.4 Å². The number of hydrogen-bond acceptors (Lipinski definition) is 3. The molecule has 0 radical (unpaired) electrons. The van der Waals surface area contributed by atoms with Crippen LogP contribution in [0.5, 0.6) is 0 Å². The summed E-state index contributed by atoms with van der Waals surface area (Å²) < 4.78 is 5.34. The van der Waals surface area contributed by atoms with Crippen LogP contribution in [0.2, 0.25) is 0 Å². The van der Waals surface area contributed by atoms with Gasteiger partial charge in [0.25, 0.3) is 0 Å². The number of carbonyl (C=O) groups is 1. The van der Waals surface area contributed by atoms with E-state index < -0.39 is 5.60 Å². The number of hydrogen-bond donors (Lipinski definition) is 1. The summed E-state index contributed by atoms with van der Waals surface area (Å²) in [7, 11) is 0. The maximum atomic E-state index is 11.8. The van der Waals surface area contributed by atoms with E-state index in [0.717, 1.165) is 13.1 Å². The Morgan fingerprint density at radius 2 is 1.78 bits per heavy atom. The third-order valence-corrected chi connectivity index (χ3v) is 4.05. The summed E-state index contributed by atoms with van der Waals surface area (Å²) in [5.74, 6) is 1.15.